The predicted molar refractivity (Wildman–Crippen MR) is 125 cm³/mol. The zero-order valence-electron chi connectivity index (χ0n) is 17.3. The van der Waals surface area contributed by atoms with Crippen molar-refractivity contribution in [1.82, 2.24) is 20.9 Å². The SMILES string of the molecule is CN=C(NCCc1cccc(C(=O)NC)c1)NCC(C)N1CCOCC1C.I. The van der Waals surface area contributed by atoms with Crippen LogP contribution in [0.15, 0.2) is 29.3 Å². The molecule has 0 radical (unpaired) electrons. The van der Waals surface area contributed by atoms with Crippen molar-refractivity contribution in [1.29, 1.82) is 0 Å². The number of carbonyl (C=O) groups excluding carboxylic acids is 1. The molecule has 2 atom stereocenters. The lowest BCUT2D eigenvalue weighted by Gasteiger charge is -2.38. The molecule has 28 heavy (non-hydrogen) atoms. The monoisotopic (exact) mass is 503 g/mol. The van der Waals surface area contributed by atoms with E-state index in [2.05, 4.69) is 39.7 Å². The summed E-state index contributed by atoms with van der Waals surface area (Å²) in [6.45, 7) is 8.58. The normalized spacial score (nSPS) is 18.7. The highest BCUT2D eigenvalue weighted by Crippen LogP contribution is 2.10. The van der Waals surface area contributed by atoms with E-state index in [0.717, 1.165) is 50.8 Å². The van der Waals surface area contributed by atoms with Gasteiger partial charge in [0.2, 0.25) is 0 Å². The summed E-state index contributed by atoms with van der Waals surface area (Å²) in [4.78, 5) is 18.5. The van der Waals surface area contributed by atoms with Gasteiger partial charge in [-0.15, -0.1) is 24.0 Å². The number of guanidine groups is 1. The Hall–Kier alpha value is -1.39. The van der Waals surface area contributed by atoms with Crippen LogP contribution >= 0.6 is 24.0 Å². The van der Waals surface area contributed by atoms with Crippen LogP contribution in [-0.2, 0) is 11.2 Å². The zero-order valence-corrected chi connectivity index (χ0v) is 19.7. The van der Waals surface area contributed by atoms with Gasteiger partial charge in [-0.3, -0.25) is 14.7 Å². The van der Waals surface area contributed by atoms with Crippen molar-refractivity contribution in [2.24, 2.45) is 4.99 Å². The molecule has 0 aromatic heterocycles. The molecule has 0 bridgehead atoms. The second-order valence-corrected chi connectivity index (χ2v) is 6.92. The molecule has 1 fully saturated rings. The molecule has 158 valence electrons. The third kappa shape index (κ3) is 7.56. The van der Waals surface area contributed by atoms with Gasteiger partial charge in [-0.05, 0) is 38.0 Å². The first kappa shape index (κ1) is 24.6. The third-order valence-corrected chi connectivity index (χ3v) is 4.90. The van der Waals surface area contributed by atoms with E-state index >= 15 is 0 Å². The standard InChI is InChI=1S/C20H33N5O2.HI/c1-15(25-10-11-27-14-16(25)2)13-24-20(22-4)23-9-8-17-6-5-7-18(12-17)19(26)21-3;/h5-7,12,15-16H,8-11,13-14H2,1-4H3,(H,21,26)(H2,22,23,24);1H. The van der Waals surface area contributed by atoms with Crippen LogP contribution in [0.5, 0.6) is 0 Å². The average molecular weight is 503 g/mol. The highest BCUT2D eigenvalue weighted by molar-refractivity contribution is 14.0. The highest BCUT2D eigenvalue weighted by Gasteiger charge is 2.23. The second-order valence-electron chi connectivity index (χ2n) is 6.92. The first-order valence-electron chi connectivity index (χ1n) is 9.64. The number of hydrogen-bond donors (Lipinski definition) is 3. The minimum absolute atomic E-state index is 0. The lowest BCUT2D eigenvalue weighted by atomic mass is 10.1. The lowest BCUT2D eigenvalue weighted by molar-refractivity contribution is -0.0174. The van der Waals surface area contributed by atoms with E-state index in [-0.39, 0.29) is 29.9 Å². The number of amides is 1. The predicted octanol–water partition coefficient (Wildman–Crippen LogP) is 1.48. The Morgan fingerprint density at radius 3 is 2.86 bits per heavy atom. The van der Waals surface area contributed by atoms with Gasteiger partial charge in [0.25, 0.3) is 5.91 Å². The van der Waals surface area contributed by atoms with Gasteiger partial charge in [0.05, 0.1) is 13.2 Å². The Morgan fingerprint density at radius 2 is 2.18 bits per heavy atom. The van der Waals surface area contributed by atoms with E-state index in [1.807, 2.05) is 24.3 Å². The van der Waals surface area contributed by atoms with Crippen LogP contribution in [0.1, 0.15) is 29.8 Å². The van der Waals surface area contributed by atoms with Crippen molar-refractivity contribution in [3.05, 3.63) is 35.4 Å². The van der Waals surface area contributed by atoms with Crippen LogP contribution in [-0.4, -0.2) is 75.8 Å². The van der Waals surface area contributed by atoms with E-state index in [4.69, 9.17) is 4.74 Å². The number of aliphatic imine (C=N–C) groups is 1. The van der Waals surface area contributed by atoms with Gasteiger partial charge in [0, 0.05) is 51.4 Å². The Bertz CT molecular complexity index is 641. The lowest BCUT2D eigenvalue weighted by Crippen LogP contribution is -2.53. The maximum absolute atomic E-state index is 11.7. The molecule has 0 saturated carbocycles. The summed E-state index contributed by atoms with van der Waals surface area (Å²) in [5, 5.41) is 9.40. The van der Waals surface area contributed by atoms with Crippen LogP contribution in [0.25, 0.3) is 0 Å². The number of hydrogen-bond acceptors (Lipinski definition) is 4. The molecule has 1 aliphatic heterocycles. The Kier molecular flexibility index (Phi) is 11.4. The molecule has 2 unspecified atom stereocenters. The Balaban J connectivity index is 0.00000392. The van der Waals surface area contributed by atoms with E-state index < -0.39 is 0 Å². The van der Waals surface area contributed by atoms with Gasteiger partial charge in [-0.25, -0.2) is 0 Å². The van der Waals surface area contributed by atoms with Gasteiger partial charge in [0.15, 0.2) is 5.96 Å². The average Bonchev–Trinajstić information content (AvgIpc) is 2.70. The molecule has 3 N–H and O–H groups in total. The minimum Gasteiger partial charge on any atom is -0.379 e. The van der Waals surface area contributed by atoms with Crippen molar-refractivity contribution in [3.63, 3.8) is 0 Å². The molecule has 1 saturated heterocycles. The van der Waals surface area contributed by atoms with E-state index in [0.29, 0.717) is 17.6 Å². The van der Waals surface area contributed by atoms with Gasteiger partial charge in [-0.2, -0.15) is 0 Å². The molecule has 8 heteroatoms. The molecule has 1 heterocycles. The number of halogens is 1. The zero-order chi connectivity index (χ0) is 19.6. The summed E-state index contributed by atoms with van der Waals surface area (Å²) in [5.74, 6) is 0.735. The first-order valence-corrected chi connectivity index (χ1v) is 9.64. The van der Waals surface area contributed by atoms with E-state index in [9.17, 15) is 4.79 Å². The Labute approximate surface area is 185 Å². The third-order valence-electron chi connectivity index (χ3n) is 4.90. The molecular formula is C20H34IN5O2. The molecular weight excluding hydrogens is 469 g/mol. The summed E-state index contributed by atoms with van der Waals surface area (Å²) in [6, 6.07) is 8.55. The number of nitrogens with zero attached hydrogens (tertiary/aromatic N) is 2. The van der Waals surface area contributed by atoms with E-state index in [1.165, 1.54) is 0 Å². The summed E-state index contributed by atoms with van der Waals surface area (Å²) >= 11 is 0. The number of morpholine rings is 1. The summed E-state index contributed by atoms with van der Waals surface area (Å²) in [5.41, 5.74) is 1.81. The smallest absolute Gasteiger partial charge is 0.251 e. The fourth-order valence-electron chi connectivity index (χ4n) is 3.31. The van der Waals surface area contributed by atoms with Gasteiger partial charge in [0.1, 0.15) is 0 Å². The van der Waals surface area contributed by atoms with Crippen molar-refractivity contribution >= 4 is 35.8 Å². The van der Waals surface area contributed by atoms with Crippen LogP contribution in [0.4, 0.5) is 0 Å². The molecule has 7 nitrogen and oxygen atoms in total. The first-order chi connectivity index (χ1) is 13.0. The van der Waals surface area contributed by atoms with Crippen molar-refractivity contribution in [2.45, 2.75) is 32.4 Å². The van der Waals surface area contributed by atoms with Crippen LogP contribution in [0, 0.1) is 0 Å². The molecule has 1 amide bonds. The minimum atomic E-state index is -0.0615. The topological polar surface area (TPSA) is 78.0 Å². The van der Waals surface area contributed by atoms with Crippen molar-refractivity contribution in [2.75, 3.05) is 46.9 Å². The van der Waals surface area contributed by atoms with Crippen LogP contribution in [0.2, 0.25) is 0 Å². The van der Waals surface area contributed by atoms with Gasteiger partial charge >= 0.3 is 0 Å². The number of carbonyl (C=O) groups is 1. The highest BCUT2D eigenvalue weighted by atomic mass is 127. The fourth-order valence-corrected chi connectivity index (χ4v) is 3.31. The fraction of sp³-hybridized carbons (Fsp3) is 0.600. The molecule has 1 aromatic carbocycles. The van der Waals surface area contributed by atoms with Crippen LogP contribution < -0.4 is 16.0 Å². The molecule has 0 aliphatic carbocycles. The molecule has 1 aromatic rings. The quantitative estimate of drug-likeness (QED) is 0.299. The number of benzene rings is 1. The van der Waals surface area contributed by atoms with Crippen LogP contribution in [0.3, 0.4) is 0 Å². The summed E-state index contributed by atoms with van der Waals surface area (Å²) < 4.78 is 5.51. The Morgan fingerprint density at radius 1 is 1.39 bits per heavy atom. The maximum Gasteiger partial charge on any atom is 0.251 e. The summed E-state index contributed by atoms with van der Waals surface area (Å²) in [6.07, 6.45) is 0.821. The molecule has 0 spiro atoms. The largest absolute Gasteiger partial charge is 0.379 e. The molecule has 2 rings (SSSR count). The van der Waals surface area contributed by atoms with Crippen molar-refractivity contribution in [3.8, 4) is 0 Å². The summed E-state index contributed by atoms with van der Waals surface area (Å²) in [7, 11) is 3.43. The number of rotatable bonds is 7. The number of ether oxygens (including phenoxy) is 1. The molecule has 1 aliphatic rings. The van der Waals surface area contributed by atoms with Crippen molar-refractivity contribution < 1.29 is 9.53 Å². The van der Waals surface area contributed by atoms with E-state index in [1.54, 1.807) is 14.1 Å². The maximum atomic E-state index is 11.7. The second kappa shape index (κ2) is 12.9. The van der Waals surface area contributed by atoms with Gasteiger partial charge in [-0.1, -0.05) is 12.1 Å². The number of nitrogens with one attached hydrogen (secondary N) is 3. The van der Waals surface area contributed by atoms with Gasteiger partial charge < -0.3 is 20.7 Å².